The maximum Gasteiger partial charge on any atom is 0.357 e. The normalized spacial score (nSPS) is 18.1. The number of aromatic nitrogens is 1. The minimum absolute atomic E-state index is 0.0660. The highest BCUT2D eigenvalue weighted by molar-refractivity contribution is 7.09. The van der Waals surface area contributed by atoms with Gasteiger partial charge in [-0.2, -0.15) is 0 Å². The summed E-state index contributed by atoms with van der Waals surface area (Å²) < 4.78 is 17.7. The molecule has 1 aliphatic rings. The van der Waals surface area contributed by atoms with Gasteiger partial charge in [0.15, 0.2) is 20.7 Å². The van der Waals surface area contributed by atoms with Crippen LogP contribution in [-0.2, 0) is 28.3 Å². The van der Waals surface area contributed by atoms with E-state index in [1.165, 1.54) is 18.4 Å². The molecule has 5 atom stereocenters. The first-order chi connectivity index (χ1) is 22.8. The molecule has 1 aromatic rings. The summed E-state index contributed by atoms with van der Waals surface area (Å²) in [5.41, 5.74) is 0.220. The van der Waals surface area contributed by atoms with Gasteiger partial charge in [-0.1, -0.05) is 68.2 Å². The Morgan fingerprint density at radius 1 is 1.08 bits per heavy atom. The Kier molecular flexibility index (Phi) is 17.7. The number of nitrogens with zero attached hydrogens (tertiary/aromatic N) is 3. The molecule has 1 fully saturated rings. The molecule has 0 spiro atoms. The zero-order valence-electron chi connectivity index (χ0n) is 31.1. The van der Waals surface area contributed by atoms with Crippen molar-refractivity contribution in [2.45, 2.75) is 143 Å². The number of piperidine rings is 1. The number of ether oxygens (including phenoxy) is 2. The minimum atomic E-state index is -2.19. The Labute approximate surface area is 294 Å². The first-order valence-electron chi connectivity index (χ1n) is 18.0. The van der Waals surface area contributed by atoms with Gasteiger partial charge in [-0.25, -0.2) is 9.78 Å². The molecule has 1 saturated heterocycles. The van der Waals surface area contributed by atoms with Gasteiger partial charge >= 0.3 is 11.9 Å². The number of hydrogen-bond donors (Lipinski definition) is 1. The van der Waals surface area contributed by atoms with Crippen LogP contribution in [-0.4, -0.2) is 92.4 Å². The highest BCUT2D eigenvalue weighted by atomic mass is 32.1. The molecule has 11 nitrogen and oxygen atoms in total. The molecule has 1 aromatic heterocycles. The third-order valence-corrected chi connectivity index (χ3v) is 15.7. The summed E-state index contributed by atoms with van der Waals surface area (Å²) in [4.78, 5) is 61.8. The molecule has 0 aromatic carbocycles. The van der Waals surface area contributed by atoms with Crippen LogP contribution >= 0.6 is 11.3 Å². The third kappa shape index (κ3) is 11.3. The fraction of sp³-hybridized carbons (Fsp3) is 0.800. The highest BCUT2D eigenvalue weighted by Gasteiger charge is 2.41. The van der Waals surface area contributed by atoms with Crippen LogP contribution < -0.4 is 5.32 Å². The molecule has 0 bridgehead atoms. The number of nitrogens with one attached hydrogen (secondary N) is 1. The molecular weight excluding hydrogens is 649 g/mol. The van der Waals surface area contributed by atoms with Gasteiger partial charge in [0.05, 0.1) is 19.3 Å². The molecule has 13 heteroatoms. The van der Waals surface area contributed by atoms with E-state index < -0.39 is 32.5 Å². The Balaban J connectivity index is 2.60. The summed E-state index contributed by atoms with van der Waals surface area (Å²) in [7, 11) is 1.09. The number of hydrogen-bond acceptors (Lipinski definition) is 10. The minimum Gasteiger partial charge on any atom is -0.464 e. The average Bonchev–Trinajstić information content (AvgIpc) is 3.58. The number of likely N-dealkylation sites (N-methyl/N-ethyl adjacent to an activating group) is 1. The van der Waals surface area contributed by atoms with Crippen LogP contribution in [0.5, 0.6) is 0 Å². The van der Waals surface area contributed by atoms with Gasteiger partial charge in [-0.15, -0.1) is 11.3 Å². The fourth-order valence-electron chi connectivity index (χ4n) is 6.37. The molecule has 2 heterocycles. The number of carbonyl (C=O) groups excluding carboxylic acids is 4. The van der Waals surface area contributed by atoms with Crippen LogP contribution in [0.1, 0.15) is 122 Å². The fourth-order valence-corrected chi connectivity index (χ4v) is 10.1. The monoisotopic (exact) mass is 710 g/mol. The van der Waals surface area contributed by atoms with E-state index in [2.05, 4.69) is 36.0 Å². The summed E-state index contributed by atoms with van der Waals surface area (Å²) in [5, 5.41) is 5.46. The number of thiazole rings is 1. The van der Waals surface area contributed by atoms with Crippen molar-refractivity contribution in [2.24, 2.45) is 11.8 Å². The number of amides is 2. The van der Waals surface area contributed by atoms with E-state index in [-0.39, 0.29) is 54.5 Å². The summed E-state index contributed by atoms with van der Waals surface area (Å²) in [6, 6.07) is 1.20. The first-order valence-corrected chi connectivity index (χ1v) is 21.4. The molecule has 1 N–H and O–H groups in total. The van der Waals surface area contributed by atoms with E-state index in [0.29, 0.717) is 24.3 Å². The molecule has 2 amide bonds. The van der Waals surface area contributed by atoms with E-state index in [0.717, 1.165) is 43.9 Å². The van der Waals surface area contributed by atoms with Crippen LogP contribution in [0, 0.1) is 11.8 Å². The molecule has 0 saturated carbocycles. The lowest BCUT2D eigenvalue weighted by atomic mass is 9.92. The molecule has 2 rings (SSSR count). The molecule has 0 aliphatic carbocycles. The molecule has 0 radical (unpaired) electrons. The van der Waals surface area contributed by atoms with E-state index >= 15 is 0 Å². The van der Waals surface area contributed by atoms with Crippen molar-refractivity contribution < 1.29 is 33.1 Å². The molecule has 1 aliphatic heterocycles. The number of methoxy groups -OCH3 is 1. The standard InChI is InChI=1S/C35H62N4O7SSi/c1-11-18-30(40)45-23-39(34(42)31(25(8)12-2)37-32(41)27-19-16-17-20-38(27)9)28(24(6)7)21-29(46-48(13-3,14-4)15-5)33-36-26(22-47-33)35(43)44-10/h22,24-25,27-29,31H,11-21,23H2,1-10H3,(H,37,41)/t25-,27?,28+,29+,31?/m0/s1. The topological polar surface area (TPSA) is 127 Å². The second-order valence-electron chi connectivity index (χ2n) is 13.5. The van der Waals surface area contributed by atoms with E-state index in [1.807, 2.05) is 41.7 Å². The van der Waals surface area contributed by atoms with Crippen LogP contribution in [0.15, 0.2) is 5.38 Å². The zero-order chi connectivity index (χ0) is 36.0. The number of rotatable bonds is 20. The van der Waals surface area contributed by atoms with Crippen LogP contribution in [0.4, 0.5) is 0 Å². The van der Waals surface area contributed by atoms with Crippen LogP contribution in [0.2, 0.25) is 18.1 Å². The summed E-state index contributed by atoms with van der Waals surface area (Å²) in [6.45, 7) is 17.0. The van der Waals surface area contributed by atoms with E-state index in [1.54, 1.807) is 10.3 Å². The van der Waals surface area contributed by atoms with E-state index in [9.17, 15) is 19.2 Å². The van der Waals surface area contributed by atoms with Crippen LogP contribution in [0.25, 0.3) is 0 Å². The van der Waals surface area contributed by atoms with Gasteiger partial charge in [-0.05, 0) is 69.2 Å². The Bertz CT molecular complexity index is 1170. The molecule has 48 heavy (non-hydrogen) atoms. The zero-order valence-corrected chi connectivity index (χ0v) is 33.0. The van der Waals surface area contributed by atoms with Gasteiger partial charge in [0.25, 0.3) is 0 Å². The third-order valence-electron chi connectivity index (χ3n) is 10.1. The van der Waals surface area contributed by atoms with Gasteiger partial charge in [0, 0.05) is 17.8 Å². The first kappa shape index (κ1) is 41.8. The maximum absolute atomic E-state index is 14.8. The summed E-state index contributed by atoms with van der Waals surface area (Å²) in [5.74, 6) is -1.55. The van der Waals surface area contributed by atoms with Gasteiger partial charge < -0.3 is 24.1 Å². The highest BCUT2D eigenvalue weighted by Crippen LogP contribution is 2.37. The van der Waals surface area contributed by atoms with Crippen LogP contribution in [0.3, 0.4) is 0 Å². The Hall–Kier alpha value is -2.35. The molecule has 274 valence electrons. The number of esters is 2. The van der Waals surface area contributed by atoms with Crippen molar-refractivity contribution in [3.05, 3.63) is 16.1 Å². The number of likely N-dealkylation sites (tertiary alicyclic amines) is 1. The van der Waals surface area contributed by atoms with Gasteiger partial charge in [-0.3, -0.25) is 19.3 Å². The Morgan fingerprint density at radius 3 is 2.29 bits per heavy atom. The quantitative estimate of drug-likeness (QED) is 0.0911. The second-order valence-corrected chi connectivity index (χ2v) is 19.1. The number of carbonyl (C=O) groups is 4. The lowest BCUT2D eigenvalue weighted by Gasteiger charge is -2.41. The summed E-state index contributed by atoms with van der Waals surface area (Å²) in [6.07, 6.45) is 4.18. The van der Waals surface area contributed by atoms with Crippen molar-refractivity contribution >= 4 is 43.4 Å². The predicted molar refractivity (Wildman–Crippen MR) is 192 cm³/mol. The van der Waals surface area contributed by atoms with Gasteiger partial charge in [0.2, 0.25) is 11.8 Å². The average molecular weight is 711 g/mol. The van der Waals surface area contributed by atoms with Crippen molar-refractivity contribution in [1.82, 2.24) is 20.1 Å². The maximum atomic E-state index is 14.8. The van der Waals surface area contributed by atoms with E-state index in [4.69, 9.17) is 13.9 Å². The van der Waals surface area contributed by atoms with Crippen molar-refractivity contribution in [3.8, 4) is 0 Å². The van der Waals surface area contributed by atoms with Crippen molar-refractivity contribution in [3.63, 3.8) is 0 Å². The second kappa shape index (κ2) is 20.4. The predicted octanol–water partition coefficient (Wildman–Crippen LogP) is 6.55. The lowest BCUT2D eigenvalue weighted by molar-refractivity contribution is -0.159. The Morgan fingerprint density at radius 2 is 1.75 bits per heavy atom. The smallest absolute Gasteiger partial charge is 0.357 e. The SMILES string of the molecule is CCCC(=O)OCN(C(=O)C(NC(=O)C1CCCCN1C)[C@@H](C)CC)[C@H](C[C@@H](O[Si](CC)(CC)CC)c1nc(C(=O)OC)cs1)C(C)C. The largest absolute Gasteiger partial charge is 0.464 e. The summed E-state index contributed by atoms with van der Waals surface area (Å²) >= 11 is 1.35. The molecule has 2 unspecified atom stereocenters. The van der Waals surface area contributed by atoms with Crippen molar-refractivity contribution in [1.29, 1.82) is 0 Å². The molecular formula is C35H62N4O7SSi. The lowest BCUT2D eigenvalue weighted by Crippen LogP contribution is -2.59. The van der Waals surface area contributed by atoms with Gasteiger partial charge in [0.1, 0.15) is 11.0 Å². The van der Waals surface area contributed by atoms with Crippen molar-refractivity contribution in [2.75, 3.05) is 27.4 Å².